The van der Waals surface area contributed by atoms with Crippen LogP contribution in [0, 0.1) is 0 Å². The van der Waals surface area contributed by atoms with Crippen LogP contribution in [0.25, 0.3) is 0 Å². The van der Waals surface area contributed by atoms with E-state index in [9.17, 15) is 18.0 Å². The molecule has 0 unspecified atom stereocenters. The van der Waals surface area contributed by atoms with Crippen LogP contribution in [0.1, 0.15) is 15.9 Å². The lowest BCUT2D eigenvalue weighted by atomic mass is 10.1. The smallest absolute Gasteiger partial charge is 0.351 e. The first kappa shape index (κ1) is 17.9. The molecule has 2 aromatic heterocycles. The highest BCUT2D eigenvalue weighted by Crippen LogP contribution is 2.34. The van der Waals surface area contributed by atoms with Gasteiger partial charge in [-0.2, -0.15) is 13.2 Å². The molecule has 25 heavy (non-hydrogen) atoms. The number of nitrogens with one attached hydrogen (secondary N) is 1. The van der Waals surface area contributed by atoms with E-state index in [2.05, 4.69) is 31.2 Å². The number of amides is 1. The second-order valence-corrected chi connectivity index (χ2v) is 6.60. The predicted octanol–water partition coefficient (Wildman–Crippen LogP) is 3.53. The molecule has 0 spiro atoms. The van der Waals surface area contributed by atoms with Crippen LogP contribution in [0.2, 0.25) is 5.02 Å². The van der Waals surface area contributed by atoms with Crippen molar-refractivity contribution in [2.45, 2.75) is 12.2 Å². The van der Waals surface area contributed by atoms with Crippen LogP contribution in [0.15, 0.2) is 35.2 Å². The first-order valence-corrected chi connectivity index (χ1v) is 8.32. The normalized spacial score (nSPS) is 15.0. The van der Waals surface area contributed by atoms with Gasteiger partial charge >= 0.3 is 6.18 Å². The minimum Gasteiger partial charge on any atom is -0.351 e. The Bertz CT molecular complexity index is 812. The Hall–Kier alpha value is -1.87. The molecule has 1 N–H and O–H groups in total. The van der Waals surface area contributed by atoms with Gasteiger partial charge in [-0.05, 0) is 34.1 Å². The van der Waals surface area contributed by atoms with Gasteiger partial charge in [0, 0.05) is 25.5 Å². The van der Waals surface area contributed by atoms with Crippen molar-refractivity contribution >= 4 is 39.3 Å². The lowest BCUT2D eigenvalue weighted by molar-refractivity contribution is -0.137. The third kappa shape index (κ3) is 3.87. The van der Waals surface area contributed by atoms with Gasteiger partial charge in [0.25, 0.3) is 5.91 Å². The number of hydrogen-bond acceptors (Lipinski definition) is 4. The number of carbonyl (C=O) groups excluding carboxylic acids is 1. The highest BCUT2D eigenvalue weighted by Gasteiger charge is 2.34. The van der Waals surface area contributed by atoms with Crippen molar-refractivity contribution in [3.8, 4) is 0 Å². The Kier molecular flexibility index (Phi) is 4.88. The number of rotatable bonds is 3. The fourth-order valence-corrected chi connectivity index (χ4v) is 3.10. The average Bonchev–Trinajstić information content (AvgIpc) is 2.50. The molecule has 0 aliphatic carbocycles. The van der Waals surface area contributed by atoms with E-state index in [1.807, 2.05) is 0 Å². The summed E-state index contributed by atoms with van der Waals surface area (Å²) >= 11 is 9.11. The van der Waals surface area contributed by atoms with E-state index < -0.39 is 11.7 Å². The first-order chi connectivity index (χ1) is 11.8. The molecule has 3 heterocycles. The van der Waals surface area contributed by atoms with Gasteiger partial charge in [-0.15, -0.1) is 0 Å². The number of carbonyl (C=O) groups is 1. The van der Waals surface area contributed by atoms with Crippen LogP contribution in [0.5, 0.6) is 0 Å². The van der Waals surface area contributed by atoms with Crippen LogP contribution in [0.3, 0.4) is 0 Å². The summed E-state index contributed by atoms with van der Waals surface area (Å²) in [5.41, 5.74) is -0.486. The number of anilines is 1. The third-order valence-electron chi connectivity index (χ3n) is 3.67. The Labute approximate surface area is 154 Å². The monoisotopic (exact) mass is 434 g/mol. The molecule has 1 aliphatic rings. The third-order valence-corrected chi connectivity index (χ3v) is 4.58. The van der Waals surface area contributed by atoms with Gasteiger partial charge in [-0.3, -0.25) is 4.79 Å². The average molecular weight is 436 g/mol. The van der Waals surface area contributed by atoms with Gasteiger partial charge in [-0.1, -0.05) is 11.6 Å². The standard InChI is InChI=1S/C15H11BrClF3N4O/c16-12-10(2-1-3-21-12)14(25)23-9-6-24(7-9)13-11(17)4-8(5-22-13)15(18,19)20/h1-5,9H,6-7H2,(H,23,25). The Balaban J connectivity index is 1.61. The Morgan fingerprint density at radius 2 is 2.08 bits per heavy atom. The first-order valence-electron chi connectivity index (χ1n) is 7.15. The highest BCUT2D eigenvalue weighted by molar-refractivity contribution is 9.10. The van der Waals surface area contributed by atoms with Crippen molar-refractivity contribution in [3.63, 3.8) is 0 Å². The van der Waals surface area contributed by atoms with E-state index >= 15 is 0 Å². The van der Waals surface area contributed by atoms with E-state index in [1.54, 1.807) is 23.2 Å². The molecule has 0 bridgehead atoms. The molecule has 0 atom stereocenters. The SMILES string of the molecule is O=C(NC1CN(c2ncc(C(F)(F)F)cc2Cl)C1)c1cccnc1Br. The zero-order chi connectivity index (χ0) is 18.2. The molecule has 0 aromatic carbocycles. The molecule has 5 nitrogen and oxygen atoms in total. The maximum atomic E-state index is 12.6. The Morgan fingerprint density at radius 1 is 1.36 bits per heavy atom. The molecular formula is C15H11BrClF3N4O. The molecule has 2 aromatic rings. The fraction of sp³-hybridized carbons (Fsp3) is 0.267. The van der Waals surface area contributed by atoms with Crippen LogP contribution >= 0.6 is 27.5 Å². The van der Waals surface area contributed by atoms with Crippen LogP contribution in [0.4, 0.5) is 19.0 Å². The molecule has 1 fully saturated rings. The second kappa shape index (κ2) is 6.80. The number of alkyl halides is 3. The maximum absolute atomic E-state index is 12.6. The topological polar surface area (TPSA) is 58.1 Å². The number of hydrogen-bond donors (Lipinski definition) is 1. The van der Waals surface area contributed by atoms with Crippen molar-refractivity contribution in [1.29, 1.82) is 0 Å². The van der Waals surface area contributed by atoms with Gasteiger partial charge in [0.1, 0.15) is 10.4 Å². The van der Waals surface area contributed by atoms with Gasteiger partial charge in [0.05, 0.1) is 22.2 Å². The highest BCUT2D eigenvalue weighted by atomic mass is 79.9. The summed E-state index contributed by atoms with van der Waals surface area (Å²) in [7, 11) is 0. The van der Waals surface area contributed by atoms with Crippen molar-refractivity contribution in [3.05, 3.63) is 51.3 Å². The lowest BCUT2D eigenvalue weighted by Gasteiger charge is -2.40. The summed E-state index contributed by atoms with van der Waals surface area (Å²) in [6.45, 7) is 0.809. The Morgan fingerprint density at radius 3 is 2.68 bits per heavy atom. The molecule has 0 radical (unpaired) electrons. The van der Waals surface area contributed by atoms with E-state index in [1.165, 1.54) is 0 Å². The van der Waals surface area contributed by atoms with Crippen LogP contribution < -0.4 is 10.2 Å². The minimum absolute atomic E-state index is 0.0744. The fourth-order valence-electron chi connectivity index (χ4n) is 2.38. The zero-order valence-corrected chi connectivity index (χ0v) is 14.9. The van der Waals surface area contributed by atoms with Crippen LogP contribution in [-0.4, -0.2) is 35.0 Å². The van der Waals surface area contributed by atoms with Crippen LogP contribution in [-0.2, 0) is 6.18 Å². The van der Waals surface area contributed by atoms with Gasteiger partial charge in [0.15, 0.2) is 0 Å². The molecule has 1 amide bonds. The number of aromatic nitrogens is 2. The molecule has 132 valence electrons. The molecule has 10 heteroatoms. The summed E-state index contributed by atoms with van der Waals surface area (Å²) < 4.78 is 38.3. The molecule has 1 saturated heterocycles. The summed E-state index contributed by atoms with van der Waals surface area (Å²) in [6.07, 6.45) is -2.18. The summed E-state index contributed by atoms with van der Waals surface area (Å²) in [5, 5.41) is 2.75. The van der Waals surface area contributed by atoms with Crippen molar-refractivity contribution in [1.82, 2.24) is 15.3 Å². The molecule has 3 rings (SSSR count). The number of halogens is 5. The van der Waals surface area contributed by atoms with Crippen molar-refractivity contribution in [2.75, 3.05) is 18.0 Å². The minimum atomic E-state index is -4.49. The van der Waals surface area contributed by atoms with Gasteiger partial charge in [-0.25, -0.2) is 9.97 Å². The summed E-state index contributed by atoms with van der Waals surface area (Å²) in [4.78, 5) is 21.6. The van der Waals surface area contributed by atoms with Gasteiger partial charge < -0.3 is 10.2 Å². The maximum Gasteiger partial charge on any atom is 0.417 e. The largest absolute Gasteiger partial charge is 0.417 e. The quantitative estimate of drug-likeness (QED) is 0.750. The summed E-state index contributed by atoms with van der Waals surface area (Å²) in [6, 6.07) is 3.98. The van der Waals surface area contributed by atoms with Gasteiger partial charge in [0.2, 0.25) is 0 Å². The molecular weight excluding hydrogens is 425 g/mol. The van der Waals surface area contributed by atoms with E-state index in [4.69, 9.17) is 11.6 Å². The van der Waals surface area contributed by atoms with E-state index in [0.717, 1.165) is 12.3 Å². The molecule has 0 saturated carbocycles. The van der Waals surface area contributed by atoms with Crippen molar-refractivity contribution in [2.24, 2.45) is 0 Å². The number of pyridine rings is 2. The second-order valence-electron chi connectivity index (χ2n) is 5.44. The predicted molar refractivity (Wildman–Crippen MR) is 89.7 cm³/mol. The summed E-state index contributed by atoms with van der Waals surface area (Å²) in [5.74, 6) is -0.0150. The lowest BCUT2D eigenvalue weighted by Crippen LogP contribution is -2.59. The number of nitrogens with zero attached hydrogens (tertiary/aromatic N) is 3. The molecule has 1 aliphatic heterocycles. The zero-order valence-electron chi connectivity index (χ0n) is 12.5. The van der Waals surface area contributed by atoms with E-state index in [-0.39, 0.29) is 22.8 Å². The van der Waals surface area contributed by atoms with E-state index in [0.29, 0.717) is 23.3 Å². The van der Waals surface area contributed by atoms with Crippen molar-refractivity contribution < 1.29 is 18.0 Å².